The standard InChI is InChI=1S/C9H8O2S/c10-5-7-4-6-2-1-3-8(11)9(6)12-7/h1-4,10-11H,5H2. The zero-order valence-corrected chi connectivity index (χ0v) is 7.14. The van der Waals surface area contributed by atoms with Crippen molar-refractivity contribution in [1.29, 1.82) is 0 Å². The van der Waals surface area contributed by atoms with Gasteiger partial charge >= 0.3 is 0 Å². The second kappa shape index (κ2) is 2.77. The first-order valence-corrected chi connectivity index (χ1v) is 4.44. The van der Waals surface area contributed by atoms with E-state index >= 15 is 0 Å². The topological polar surface area (TPSA) is 40.5 Å². The highest BCUT2D eigenvalue weighted by molar-refractivity contribution is 7.19. The SMILES string of the molecule is OCc1cc2cccc(O)c2s1. The van der Waals surface area contributed by atoms with E-state index in [0.29, 0.717) is 0 Å². The lowest BCUT2D eigenvalue weighted by atomic mass is 10.2. The molecule has 1 heterocycles. The van der Waals surface area contributed by atoms with Crippen LogP contribution in [0.15, 0.2) is 24.3 Å². The minimum absolute atomic E-state index is 0.0405. The molecule has 62 valence electrons. The normalized spacial score (nSPS) is 10.8. The Bertz CT molecular complexity index is 406. The van der Waals surface area contributed by atoms with Gasteiger partial charge in [-0.2, -0.15) is 0 Å². The molecule has 0 amide bonds. The Morgan fingerprint density at radius 3 is 2.83 bits per heavy atom. The predicted octanol–water partition coefficient (Wildman–Crippen LogP) is 2.10. The van der Waals surface area contributed by atoms with Crippen LogP contribution in [-0.2, 0) is 6.61 Å². The summed E-state index contributed by atoms with van der Waals surface area (Å²) in [6.45, 7) is 0.0405. The molecule has 2 rings (SSSR count). The van der Waals surface area contributed by atoms with E-state index in [2.05, 4.69) is 0 Å². The highest BCUT2D eigenvalue weighted by atomic mass is 32.1. The van der Waals surface area contributed by atoms with Crippen molar-refractivity contribution in [2.45, 2.75) is 6.61 Å². The fourth-order valence-electron chi connectivity index (χ4n) is 1.18. The fraction of sp³-hybridized carbons (Fsp3) is 0.111. The maximum Gasteiger partial charge on any atom is 0.133 e. The van der Waals surface area contributed by atoms with E-state index in [1.54, 1.807) is 12.1 Å². The summed E-state index contributed by atoms with van der Waals surface area (Å²) in [5, 5.41) is 19.3. The van der Waals surface area contributed by atoms with E-state index < -0.39 is 0 Å². The van der Waals surface area contributed by atoms with Crippen molar-refractivity contribution in [2.24, 2.45) is 0 Å². The van der Waals surface area contributed by atoms with Gasteiger partial charge in [0.25, 0.3) is 0 Å². The Morgan fingerprint density at radius 1 is 1.33 bits per heavy atom. The smallest absolute Gasteiger partial charge is 0.133 e. The molecule has 0 radical (unpaired) electrons. The zero-order valence-electron chi connectivity index (χ0n) is 6.32. The third-order valence-electron chi connectivity index (χ3n) is 1.73. The first-order valence-electron chi connectivity index (χ1n) is 3.62. The minimum Gasteiger partial charge on any atom is -0.506 e. The van der Waals surface area contributed by atoms with Crippen LogP contribution in [0.1, 0.15) is 4.88 Å². The van der Waals surface area contributed by atoms with Crippen LogP contribution in [0.5, 0.6) is 5.75 Å². The molecular formula is C9H8O2S. The minimum atomic E-state index is 0.0405. The van der Waals surface area contributed by atoms with Gasteiger partial charge < -0.3 is 10.2 Å². The van der Waals surface area contributed by atoms with E-state index in [4.69, 9.17) is 5.11 Å². The van der Waals surface area contributed by atoms with Crippen LogP contribution < -0.4 is 0 Å². The van der Waals surface area contributed by atoms with Crippen molar-refractivity contribution in [3.05, 3.63) is 29.1 Å². The van der Waals surface area contributed by atoms with Gasteiger partial charge in [0, 0.05) is 4.88 Å². The molecule has 2 aromatic rings. The number of aliphatic hydroxyl groups is 1. The number of phenols is 1. The van der Waals surface area contributed by atoms with E-state index in [1.807, 2.05) is 12.1 Å². The Labute approximate surface area is 73.7 Å². The summed E-state index contributed by atoms with van der Waals surface area (Å²) in [4.78, 5) is 0.881. The molecule has 12 heavy (non-hydrogen) atoms. The maximum absolute atomic E-state index is 9.41. The molecule has 2 N–H and O–H groups in total. The van der Waals surface area contributed by atoms with Crippen molar-refractivity contribution in [3.63, 3.8) is 0 Å². The molecule has 0 aliphatic heterocycles. The molecule has 0 atom stereocenters. The third kappa shape index (κ3) is 1.07. The lowest BCUT2D eigenvalue weighted by Crippen LogP contribution is -1.69. The molecule has 0 saturated heterocycles. The van der Waals surface area contributed by atoms with Crippen LogP contribution in [0.4, 0.5) is 0 Å². The largest absolute Gasteiger partial charge is 0.506 e. The predicted molar refractivity (Wildman–Crippen MR) is 49.4 cm³/mol. The summed E-state index contributed by atoms with van der Waals surface area (Å²) in [6, 6.07) is 7.26. The van der Waals surface area contributed by atoms with Gasteiger partial charge in [-0.15, -0.1) is 11.3 Å². The van der Waals surface area contributed by atoms with Gasteiger partial charge in [0.2, 0.25) is 0 Å². The molecule has 0 spiro atoms. The molecule has 0 bridgehead atoms. The molecule has 0 fully saturated rings. The fourth-order valence-corrected chi connectivity index (χ4v) is 2.11. The quantitative estimate of drug-likeness (QED) is 0.705. The average Bonchev–Trinajstić information content (AvgIpc) is 2.49. The lowest BCUT2D eigenvalue weighted by molar-refractivity contribution is 0.285. The Kier molecular flexibility index (Phi) is 1.75. The lowest BCUT2D eigenvalue weighted by Gasteiger charge is -1.90. The molecule has 3 heteroatoms. The van der Waals surface area contributed by atoms with Crippen LogP contribution in [0.2, 0.25) is 0 Å². The first-order chi connectivity index (χ1) is 5.81. The molecule has 0 aliphatic carbocycles. The van der Waals surface area contributed by atoms with Crippen LogP contribution >= 0.6 is 11.3 Å². The number of hydrogen-bond acceptors (Lipinski definition) is 3. The summed E-state index contributed by atoms with van der Waals surface area (Å²) in [6.07, 6.45) is 0. The number of aromatic hydroxyl groups is 1. The summed E-state index contributed by atoms with van der Waals surface area (Å²) in [7, 11) is 0. The van der Waals surface area contributed by atoms with Crippen LogP contribution in [-0.4, -0.2) is 10.2 Å². The van der Waals surface area contributed by atoms with E-state index in [0.717, 1.165) is 15.0 Å². The first kappa shape index (κ1) is 7.58. The Balaban J connectivity index is 2.74. The number of rotatable bonds is 1. The van der Waals surface area contributed by atoms with Crippen molar-refractivity contribution >= 4 is 21.4 Å². The van der Waals surface area contributed by atoms with Crippen LogP contribution in [0.3, 0.4) is 0 Å². The summed E-state index contributed by atoms with van der Waals surface area (Å²) in [5.74, 6) is 0.289. The number of fused-ring (bicyclic) bond motifs is 1. The molecule has 2 nitrogen and oxygen atoms in total. The number of phenolic OH excluding ortho intramolecular Hbond substituents is 1. The Morgan fingerprint density at radius 2 is 2.17 bits per heavy atom. The molecular weight excluding hydrogens is 172 g/mol. The zero-order chi connectivity index (χ0) is 8.55. The average molecular weight is 180 g/mol. The van der Waals surface area contributed by atoms with Gasteiger partial charge in [-0.1, -0.05) is 12.1 Å². The van der Waals surface area contributed by atoms with Crippen LogP contribution in [0.25, 0.3) is 10.1 Å². The van der Waals surface area contributed by atoms with Crippen molar-refractivity contribution < 1.29 is 10.2 Å². The van der Waals surface area contributed by atoms with Gasteiger partial charge in [-0.3, -0.25) is 0 Å². The molecule has 0 saturated carbocycles. The number of hydrogen-bond donors (Lipinski definition) is 2. The molecule has 0 unspecified atom stereocenters. The van der Waals surface area contributed by atoms with Gasteiger partial charge in [0.1, 0.15) is 5.75 Å². The van der Waals surface area contributed by atoms with Gasteiger partial charge in [-0.05, 0) is 17.5 Å². The highest BCUT2D eigenvalue weighted by Crippen LogP contribution is 2.32. The number of aliphatic hydroxyl groups excluding tert-OH is 1. The van der Waals surface area contributed by atoms with Gasteiger partial charge in [-0.25, -0.2) is 0 Å². The second-order valence-corrected chi connectivity index (χ2v) is 3.70. The summed E-state index contributed by atoms with van der Waals surface area (Å²) >= 11 is 1.42. The van der Waals surface area contributed by atoms with E-state index in [1.165, 1.54) is 11.3 Å². The van der Waals surface area contributed by atoms with Gasteiger partial charge in [0.15, 0.2) is 0 Å². The highest BCUT2D eigenvalue weighted by Gasteiger charge is 2.03. The Hall–Kier alpha value is -1.06. The van der Waals surface area contributed by atoms with Crippen molar-refractivity contribution in [2.75, 3.05) is 0 Å². The van der Waals surface area contributed by atoms with Gasteiger partial charge in [0.05, 0.1) is 11.3 Å². The summed E-state index contributed by atoms with van der Waals surface area (Å²) < 4.78 is 0.849. The second-order valence-electron chi connectivity index (χ2n) is 2.57. The molecule has 1 aromatic carbocycles. The van der Waals surface area contributed by atoms with Crippen molar-refractivity contribution in [3.8, 4) is 5.75 Å². The van der Waals surface area contributed by atoms with Crippen LogP contribution in [0, 0.1) is 0 Å². The molecule has 1 aromatic heterocycles. The monoisotopic (exact) mass is 180 g/mol. The van der Waals surface area contributed by atoms with Crippen molar-refractivity contribution in [1.82, 2.24) is 0 Å². The van der Waals surface area contributed by atoms with E-state index in [-0.39, 0.29) is 12.4 Å². The maximum atomic E-state index is 9.41. The number of benzene rings is 1. The number of thiophene rings is 1. The third-order valence-corrected chi connectivity index (χ3v) is 2.89. The van der Waals surface area contributed by atoms with E-state index in [9.17, 15) is 5.11 Å². The molecule has 0 aliphatic rings. The summed E-state index contributed by atoms with van der Waals surface area (Å²) in [5.41, 5.74) is 0.